The normalized spacial score (nSPS) is 24.9. The van der Waals surface area contributed by atoms with Crippen LogP contribution in [0, 0.1) is 0 Å². The maximum absolute atomic E-state index is 12.6. The zero-order chi connectivity index (χ0) is 15.0. The molecule has 1 aromatic carbocycles. The lowest BCUT2D eigenvalue weighted by molar-refractivity contribution is -0.155. The fourth-order valence-corrected chi connectivity index (χ4v) is 2.57. The van der Waals surface area contributed by atoms with E-state index in [1.807, 2.05) is 0 Å². The van der Waals surface area contributed by atoms with Crippen molar-refractivity contribution >= 4 is 23.3 Å². The van der Waals surface area contributed by atoms with Gasteiger partial charge in [-0.25, -0.2) is 0 Å². The second kappa shape index (κ2) is 4.87. The monoisotopic (exact) mass is 288 g/mol. The Labute approximate surface area is 122 Å². The molecule has 0 spiro atoms. The molecule has 1 aromatic rings. The van der Waals surface area contributed by atoms with Crippen LogP contribution in [0.15, 0.2) is 24.3 Å². The minimum absolute atomic E-state index is 0.142. The topological polar surface area (TPSA) is 75.7 Å². The highest BCUT2D eigenvalue weighted by molar-refractivity contribution is 6.15. The Morgan fingerprint density at radius 2 is 1.90 bits per heavy atom. The summed E-state index contributed by atoms with van der Waals surface area (Å²) in [5, 5.41) is 2.70. The Balaban J connectivity index is 1.85. The molecule has 1 N–H and O–H groups in total. The Morgan fingerprint density at radius 1 is 1.24 bits per heavy atom. The molecule has 2 aliphatic rings. The first-order valence-corrected chi connectivity index (χ1v) is 6.91. The van der Waals surface area contributed by atoms with Crippen LogP contribution < -0.4 is 10.1 Å². The van der Waals surface area contributed by atoms with Gasteiger partial charge >= 0.3 is 0 Å². The maximum Gasteiger partial charge on any atom is 0.278 e. The van der Waals surface area contributed by atoms with Gasteiger partial charge in [-0.05, 0) is 19.1 Å². The van der Waals surface area contributed by atoms with Crippen LogP contribution in [0.5, 0.6) is 5.75 Å². The molecule has 0 aromatic heterocycles. The van der Waals surface area contributed by atoms with Crippen molar-refractivity contribution in [2.24, 2.45) is 0 Å². The predicted octanol–water partition coefficient (Wildman–Crippen LogP) is 0.968. The van der Waals surface area contributed by atoms with E-state index in [1.54, 1.807) is 24.3 Å². The standard InChI is InChI=1S/C15H16N2O4/c1-15(14(20)17-8-6-10(18)7-9-17)13(19)16-11-4-2-3-5-12(11)21-15/h2-5H,6-9H2,1H3,(H,16,19). The molecule has 2 heterocycles. The van der Waals surface area contributed by atoms with Crippen molar-refractivity contribution < 1.29 is 19.1 Å². The molecule has 0 saturated carbocycles. The molecule has 110 valence electrons. The quantitative estimate of drug-likeness (QED) is 0.781. The van der Waals surface area contributed by atoms with Crippen LogP contribution in [0.4, 0.5) is 5.69 Å². The maximum atomic E-state index is 12.6. The summed E-state index contributed by atoms with van der Waals surface area (Å²) in [4.78, 5) is 37.7. The molecule has 1 atom stereocenters. The van der Waals surface area contributed by atoms with Gasteiger partial charge in [-0.1, -0.05) is 12.1 Å². The van der Waals surface area contributed by atoms with Gasteiger partial charge in [0.05, 0.1) is 5.69 Å². The first-order chi connectivity index (χ1) is 10.0. The van der Waals surface area contributed by atoms with Crippen LogP contribution in [0.3, 0.4) is 0 Å². The fourth-order valence-electron chi connectivity index (χ4n) is 2.57. The number of carbonyl (C=O) groups is 3. The third-order valence-corrected chi connectivity index (χ3v) is 3.90. The molecular formula is C15H16N2O4. The highest BCUT2D eigenvalue weighted by Gasteiger charge is 2.49. The number of rotatable bonds is 1. The lowest BCUT2D eigenvalue weighted by Gasteiger charge is -2.38. The summed E-state index contributed by atoms with van der Waals surface area (Å²) in [6, 6.07) is 6.99. The molecule has 3 rings (SSSR count). The van der Waals surface area contributed by atoms with Crippen molar-refractivity contribution in [2.45, 2.75) is 25.4 Å². The van der Waals surface area contributed by atoms with Gasteiger partial charge in [-0.2, -0.15) is 0 Å². The van der Waals surface area contributed by atoms with Crippen molar-refractivity contribution in [3.63, 3.8) is 0 Å². The Kier molecular flexibility index (Phi) is 3.16. The van der Waals surface area contributed by atoms with E-state index in [2.05, 4.69) is 5.32 Å². The molecule has 6 heteroatoms. The zero-order valence-corrected chi connectivity index (χ0v) is 11.7. The number of Topliss-reactive ketones (excluding diaryl/α,β-unsaturated/α-hetero) is 1. The molecule has 6 nitrogen and oxygen atoms in total. The van der Waals surface area contributed by atoms with E-state index < -0.39 is 17.4 Å². The van der Waals surface area contributed by atoms with Crippen molar-refractivity contribution in [1.82, 2.24) is 4.90 Å². The minimum atomic E-state index is -1.59. The van der Waals surface area contributed by atoms with Gasteiger partial charge in [0.2, 0.25) is 0 Å². The Morgan fingerprint density at radius 3 is 2.62 bits per heavy atom. The van der Waals surface area contributed by atoms with Gasteiger partial charge in [0.15, 0.2) is 0 Å². The van der Waals surface area contributed by atoms with Crippen LogP contribution in [0.2, 0.25) is 0 Å². The summed E-state index contributed by atoms with van der Waals surface area (Å²) in [6.07, 6.45) is 0.667. The molecular weight excluding hydrogens is 272 g/mol. The number of likely N-dealkylation sites (tertiary alicyclic amines) is 1. The number of carbonyl (C=O) groups excluding carboxylic acids is 3. The van der Waals surface area contributed by atoms with E-state index in [1.165, 1.54) is 11.8 Å². The Bertz CT molecular complexity index is 618. The fraction of sp³-hybridized carbons (Fsp3) is 0.400. The van der Waals surface area contributed by atoms with E-state index >= 15 is 0 Å². The number of hydrogen-bond acceptors (Lipinski definition) is 4. The molecule has 0 radical (unpaired) electrons. The van der Waals surface area contributed by atoms with Crippen LogP contribution >= 0.6 is 0 Å². The molecule has 21 heavy (non-hydrogen) atoms. The summed E-state index contributed by atoms with van der Waals surface area (Å²) in [5.74, 6) is -0.269. The predicted molar refractivity (Wildman–Crippen MR) is 74.9 cm³/mol. The van der Waals surface area contributed by atoms with E-state index in [0.29, 0.717) is 37.4 Å². The third kappa shape index (κ3) is 2.26. The molecule has 2 aliphatic heterocycles. The van der Waals surface area contributed by atoms with Crippen molar-refractivity contribution in [3.8, 4) is 5.75 Å². The van der Waals surface area contributed by atoms with Crippen molar-refractivity contribution in [1.29, 1.82) is 0 Å². The second-order valence-electron chi connectivity index (χ2n) is 5.42. The van der Waals surface area contributed by atoms with Crippen LogP contribution in [0.25, 0.3) is 0 Å². The highest BCUT2D eigenvalue weighted by atomic mass is 16.5. The molecule has 1 unspecified atom stereocenters. The number of amides is 2. The molecule has 0 bridgehead atoms. The van der Waals surface area contributed by atoms with E-state index in [-0.39, 0.29) is 5.78 Å². The zero-order valence-electron chi connectivity index (χ0n) is 11.7. The summed E-state index contributed by atoms with van der Waals surface area (Å²) in [6.45, 7) is 2.15. The Hall–Kier alpha value is -2.37. The third-order valence-electron chi connectivity index (χ3n) is 3.90. The van der Waals surface area contributed by atoms with E-state index in [0.717, 1.165) is 0 Å². The number of fused-ring (bicyclic) bond motifs is 1. The summed E-state index contributed by atoms with van der Waals surface area (Å²) < 4.78 is 5.69. The molecule has 2 amide bonds. The van der Waals surface area contributed by atoms with Crippen LogP contribution in [-0.2, 0) is 14.4 Å². The number of nitrogens with one attached hydrogen (secondary N) is 1. The van der Waals surface area contributed by atoms with Crippen molar-refractivity contribution in [3.05, 3.63) is 24.3 Å². The number of para-hydroxylation sites is 2. The molecule has 1 fully saturated rings. The second-order valence-corrected chi connectivity index (χ2v) is 5.42. The summed E-state index contributed by atoms with van der Waals surface area (Å²) in [5.41, 5.74) is -1.03. The SMILES string of the molecule is CC1(C(=O)N2CCC(=O)CC2)Oc2ccccc2NC1=O. The van der Waals surface area contributed by atoms with Crippen LogP contribution in [-0.4, -0.2) is 41.2 Å². The van der Waals surface area contributed by atoms with Gasteiger partial charge in [0, 0.05) is 25.9 Å². The first kappa shape index (κ1) is 13.6. The molecule has 0 aliphatic carbocycles. The van der Waals surface area contributed by atoms with Gasteiger partial charge in [0.1, 0.15) is 11.5 Å². The number of anilines is 1. The molecule has 1 saturated heterocycles. The number of ketones is 1. The average Bonchev–Trinajstić information content (AvgIpc) is 2.48. The van der Waals surface area contributed by atoms with Gasteiger partial charge in [-0.15, -0.1) is 0 Å². The number of hydrogen-bond donors (Lipinski definition) is 1. The van der Waals surface area contributed by atoms with Crippen molar-refractivity contribution in [2.75, 3.05) is 18.4 Å². The smallest absolute Gasteiger partial charge is 0.278 e. The summed E-state index contributed by atoms with van der Waals surface area (Å²) >= 11 is 0. The van der Waals surface area contributed by atoms with E-state index in [9.17, 15) is 14.4 Å². The van der Waals surface area contributed by atoms with Crippen LogP contribution in [0.1, 0.15) is 19.8 Å². The van der Waals surface area contributed by atoms with Gasteiger partial charge in [0.25, 0.3) is 17.4 Å². The van der Waals surface area contributed by atoms with Gasteiger partial charge < -0.3 is 15.0 Å². The number of benzene rings is 1. The van der Waals surface area contributed by atoms with E-state index in [4.69, 9.17) is 4.74 Å². The summed E-state index contributed by atoms with van der Waals surface area (Å²) in [7, 11) is 0. The number of piperidine rings is 1. The lowest BCUT2D eigenvalue weighted by atomic mass is 9.99. The minimum Gasteiger partial charge on any atom is -0.466 e. The first-order valence-electron chi connectivity index (χ1n) is 6.91. The highest BCUT2D eigenvalue weighted by Crippen LogP contribution is 2.34. The lowest BCUT2D eigenvalue weighted by Crippen LogP contribution is -2.60. The van der Waals surface area contributed by atoms with Gasteiger partial charge in [-0.3, -0.25) is 14.4 Å². The number of nitrogens with zero attached hydrogens (tertiary/aromatic N) is 1. The largest absolute Gasteiger partial charge is 0.466 e. The number of ether oxygens (including phenoxy) is 1. The average molecular weight is 288 g/mol.